The maximum Gasteiger partial charge on any atom is 0.269 e. The van der Waals surface area contributed by atoms with E-state index in [4.69, 9.17) is 5.73 Å². The Morgan fingerprint density at radius 1 is 1.50 bits per heavy atom. The predicted molar refractivity (Wildman–Crippen MR) is 55.2 cm³/mol. The van der Waals surface area contributed by atoms with Gasteiger partial charge in [0.05, 0.1) is 4.92 Å². The van der Waals surface area contributed by atoms with Crippen LogP contribution in [0.5, 0.6) is 0 Å². The first-order chi connectivity index (χ1) is 6.65. The molecule has 1 rings (SSSR count). The Morgan fingerprint density at radius 2 is 2.21 bits per heavy atom. The molecule has 14 heavy (non-hydrogen) atoms. The second kappa shape index (κ2) is 4.72. The minimum atomic E-state index is -0.375. The van der Waals surface area contributed by atoms with E-state index < -0.39 is 0 Å². The van der Waals surface area contributed by atoms with Crippen LogP contribution in [0, 0.1) is 17.0 Å². The standard InChI is InChI=1S/C10H14N2O2/c1-8-7-10(12(13)14)5-4-9(8)3-2-6-11/h4-5,7H,2-3,6,11H2,1H3. The summed E-state index contributed by atoms with van der Waals surface area (Å²) in [7, 11) is 0. The van der Waals surface area contributed by atoms with Crippen molar-refractivity contribution in [2.45, 2.75) is 19.8 Å². The number of non-ortho nitro benzene ring substituents is 1. The second-order valence-corrected chi connectivity index (χ2v) is 3.26. The predicted octanol–water partition coefficient (Wildman–Crippen LogP) is 1.79. The lowest BCUT2D eigenvalue weighted by atomic mass is 10.0. The monoisotopic (exact) mass is 194 g/mol. The Labute approximate surface area is 82.9 Å². The van der Waals surface area contributed by atoms with Crippen molar-refractivity contribution in [1.82, 2.24) is 0 Å². The Bertz CT molecular complexity index is 337. The van der Waals surface area contributed by atoms with Gasteiger partial charge in [-0.15, -0.1) is 0 Å². The SMILES string of the molecule is Cc1cc([N+](=O)[O-])ccc1CCCN. The molecule has 0 aliphatic carbocycles. The summed E-state index contributed by atoms with van der Waals surface area (Å²) in [5.74, 6) is 0. The fourth-order valence-electron chi connectivity index (χ4n) is 1.37. The smallest absolute Gasteiger partial charge is 0.269 e. The number of nitro groups is 1. The molecule has 2 N–H and O–H groups in total. The molecule has 0 aliphatic heterocycles. The van der Waals surface area contributed by atoms with Crippen LogP contribution in [0.4, 0.5) is 5.69 Å². The molecule has 4 nitrogen and oxygen atoms in total. The minimum absolute atomic E-state index is 0.152. The van der Waals surface area contributed by atoms with Crippen LogP contribution in [0.2, 0.25) is 0 Å². The summed E-state index contributed by atoms with van der Waals surface area (Å²) in [6, 6.07) is 4.95. The van der Waals surface area contributed by atoms with Crippen LogP contribution in [0.25, 0.3) is 0 Å². The minimum Gasteiger partial charge on any atom is -0.330 e. The molecule has 76 valence electrons. The first-order valence-electron chi connectivity index (χ1n) is 4.59. The van der Waals surface area contributed by atoms with Crippen molar-refractivity contribution in [3.63, 3.8) is 0 Å². The highest BCUT2D eigenvalue weighted by Gasteiger charge is 2.07. The fourth-order valence-corrected chi connectivity index (χ4v) is 1.37. The molecule has 0 saturated carbocycles. The number of benzene rings is 1. The van der Waals surface area contributed by atoms with Gasteiger partial charge < -0.3 is 5.73 Å². The van der Waals surface area contributed by atoms with Gasteiger partial charge in [-0.25, -0.2) is 0 Å². The van der Waals surface area contributed by atoms with E-state index in [-0.39, 0.29) is 10.6 Å². The van der Waals surface area contributed by atoms with Crippen molar-refractivity contribution in [1.29, 1.82) is 0 Å². The molecule has 0 aromatic heterocycles. The largest absolute Gasteiger partial charge is 0.330 e. The van der Waals surface area contributed by atoms with E-state index in [0.29, 0.717) is 6.54 Å². The molecule has 0 heterocycles. The quantitative estimate of drug-likeness (QED) is 0.586. The molecular formula is C10H14N2O2. The molecule has 0 unspecified atom stereocenters. The first-order valence-corrected chi connectivity index (χ1v) is 4.59. The van der Waals surface area contributed by atoms with Crippen LogP contribution < -0.4 is 5.73 Å². The van der Waals surface area contributed by atoms with Gasteiger partial charge in [-0.05, 0) is 37.4 Å². The number of nitrogens with two attached hydrogens (primary N) is 1. The number of aryl methyl sites for hydroxylation is 2. The highest BCUT2D eigenvalue weighted by atomic mass is 16.6. The summed E-state index contributed by atoms with van der Waals surface area (Å²) in [4.78, 5) is 10.1. The Hall–Kier alpha value is -1.42. The third kappa shape index (κ3) is 2.53. The maximum atomic E-state index is 10.5. The number of nitrogens with zero attached hydrogens (tertiary/aromatic N) is 1. The molecule has 0 amide bonds. The first kappa shape index (κ1) is 10.7. The fraction of sp³-hybridized carbons (Fsp3) is 0.400. The third-order valence-corrected chi connectivity index (χ3v) is 2.19. The van der Waals surface area contributed by atoms with Crippen LogP contribution >= 0.6 is 0 Å². The van der Waals surface area contributed by atoms with E-state index in [2.05, 4.69) is 0 Å². The van der Waals surface area contributed by atoms with Crippen LogP contribution in [-0.2, 0) is 6.42 Å². The van der Waals surface area contributed by atoms with Gasteiger partial charge in [0.1, 0.15) is 0 Å². The molecule has 0 spiro atoms. The van der Waals surface area contributed by atoms with Crippen molar-refractivity contribution < 1.29 is 4.92 Å². The van der Waals surface area contributed by atoms with Gasteiger partial charge in [0, 0.05) is 12.1 Å². The van der Waals surface area contributed by atoms with Crippen LogP contribution in [0.1, 0.15) is 17.5 Å². The molecule has 1 aromatic carbocycles. The van der Waals surface area contributed by atoms with Gasteiger partial charge >= 0.3 is 0 Å². The zero-order chi connectivity index (χ0) is 10.6. The number of hydrogen-bond acceptors (Lipinski definition) is 3. The van der Waals surface area contributed by atoms with Crippen molar-refractivity contribution in [2.24, 2.45) is 5.73 Å². The molecule has 0 fully saturated rings. The van der Waals surface area contributed by atoms with Gasteiger partial charge in [-0.1, -0.05) is 6.07 Å². The lowest BCUT2D eigenvalue weighted by molar-refractivity contribution is -0.384. The van der Waals surface area contributed by atoms with Crippen molar-refractivity contribution in [2.75, 3.05) is 6.54 Å². The third-order valence-electron chi connectivity index (χ3n) is 2.19. The van der Waals surface area contributed by atoms with Gasteiger partial charge in [0.2, 0.25) is 0 Å². The molecule has 1 aromatic rings. The second-order valence-electron chi connectivity index (χ2n) is 3.26. The van der Waals surface area contributed by atoms with E-state index in [1.54, 1.807) is 12.1 Å². The lowest BCUT2D eigenvalue weighted by Gasteiger charge is -2.03. The van der Waals surface area contributed by atoms with Crippen molar-refractivity contribution in [3.8, 4) is 0 Å². The summed E-state index contributed by atoms with van der Waals surface area (Å²) < 4.78 is 0. The summed E-state index contributed by atoms with van der Waals surface area (Å²) in [6.07, 6.45) is 1.80. The average Bonchev–Trinajstić information content (AvgIpc) is 2.15. The van der Waals surface area contributed by atoms with Crippen molar-refractivity contribution >= 4 is 5.69 Å². The lowest BCUT2D eigenvalue weighted by Crippen LogP contribution is -2.01. The maximum absolute atomic E-state index is 10.5. The van der Waals surface area contributed by atoms with E-state index in [9.17, 15) is 10.1 Å². The summed E-state index contributed by atoms with van der Waals surface area (Å²) >= 11 is 0. The topological polar surface area (TPSA) is 69.2 Å². The summed E-state index contributed by atoms with van der Waals surface area (Å²) in [5.41, 5.74) is 7.65. The normalized spacial score (nSPS) is 10.1. The highest BCUT2D eigenvalue weighted by molar-refractivity contribution is 5.39. The molecule has 4 heteroatoms. The Kier molecular flexibility index (Phi) is 3.59. The van der Waals surface area contributed by atoms with Crippen molar-refractivity contribution in [3.05, 3.63) is 39.4 Å². The molecule has 0 radical (unpaired) electrons. The number of rotatable bonds is 4. The van der Waals surface area contributed by atoms with Crippen LogP contribution in [-0.4, -0.2) is 11.5 Å². The highest BCUT2D eigenvalue weighted by Crippen LogP contribution is 2.17. The van der Waals surface area contributed by atoms with Gasteiger partial charge in [-0.3, -0.25) is 10.1 Å². The number of nitro benzene ring substituents is 1. The van der Waals surface area contributed by atoms with Gasteiger partial charge in [0.25, 0.3) is 5.69 Å². The van der Waals surface area contributed by atoms with E-state index in [1.165, 1.54) is 0 Å². The molecule has 0 saturated heterocycles. The van der Waals surface area contributed by atoms with E-state index in [1.807, 2.05) is 13.0 Å². The summed E-state index contributed by atoms with van der Waals surface area (Å²) in [5, 5.41) is 10.5. The van der Waals surface area contributed by atoms with E-state index in [0.717, 1.165) is 24.0 Å². The zero-order valence-electron chi connectivity index (χ0n) is 8.19. The zero-order valence-corrected chi connectivity index (χ0v) is 8.19. The molecular weight excluding hydrogens is 180 g/mol. The average molecular weight is 194 g/mol. The van der Waals surface area contributed by atoms with Crippen LogP contribution in [0.15, 0.2) is 18.2 Å². The van der Waals surface area contributed by atoms with Gasteiger partial charge in [0.15, 0.2) is 0 Å². The van der Waals surface area contributed by atoms with Gasteiger partial charge in [-0.2, -0.15) is 0 Å². The van der Waals surface area contributed by atoms with E-state index >= 15 is 0 Å². The molecule has 0 atom stereocenters. The Balaban J connectivity index is 2.84. The van der Waals surface area contributed by atoms with Crippen LogP contribution in [0.3, 0.4) is 0 Å². The Morgan fingerprint density at radius 3 is 2.71 bits per heavy atom. The summed E-state index contributed by atoms with van der Waals surface area (Å²) in [6.45, 7) is 2.54. The molecule has 0 aliphatic rings. The molecule has 0 bridgehead atoms. The number of hydrogen-bond donors (Lipinski definition) is 1.